The number of carbonyl (C=O) groups is 2. The van der Waals surface area contributed by atoms with E-state index in [0.29, 0.717) is 22.6 Å². The molecule has 0 fully saturated rings. The van der Waals surface area contributed by atoms with Gasteiger partial charge in [0.25, 0.3) is 0 Å². The highest BCUT2D eigenvalue weighted by Gasteiger charge is 2.82. The van der Waals surface area contributed by atoms with Gasteiger partial charge in [-0.2, -0.15) is 39.5 Å². The van der Waals surface area contributed by atoms with Crippen molar-refractivity contribution in [3.8, 4) is 11.5 Å². The lowest BCUT2D eigenvalue weighted by Crippen LogP contribution is -2.62. The third kappa shape index (κ3) is 9.56. The number of rotatable bonds is 16. The summed E-state index contributed by atoms with van der Waals surface area (Å²) in [7, 11) is 0. The Bertz CT molecular complexity index is 1290. The molecule has 0 radical (unpaired) electrons. The van der Waals surface area contributed by atoms with Gasteiger partial charge in [0, 0.05) is 25.6 Å². The molecule has 0 aliphatic heterocycles. The van der Waals surface area contributed by atoms with E-state index in [2.05, 4.69) is 4.74 Å². The van der Waals surface area contributed by atoms with E-state index in [-0.39, 0.29) is 18.8 Å². The second-order valence-corrected chi connectivity index (χ2v) is 8.92. The van der Waals surface area contributed by atoms with Crippen LogP contribution in [0.25, 0.3) is 0 Å². The third-order valence-electron chi connectivity index (χ3n) is 5.73. The van der Waals surface area contributed by atoms with Gasteiger partial charge in [-0.25, -0.2) is 18.4 Å². The standard InChI is InChI=1S/C26H24F11NO7/c1-2-42-20(21(39)40)13-15-3-5-16(6-4-15)43-11-9-38(22(41)45-17-7-8-18(27)19(28)14-17)10-12-44-26(36,37)24(31,32)23(29,30)25(33,34)35/h3-8,14,20H,2,9-13H2,1H3,(H,39,40). The zero-order valence-corrected chi connectivity index (χ0v) is 22.9. The van der Waals surface area contributed by atoms with Crippen molar-refractivity contribution in [3.63, 3.8) is 0 Å². The maximum absolute atomic E-state index is 13.8. The SMILES string of the molecule is CCOC(Cc1ccc(OCCN(CCOC(F)(F)C(F)(F)C(F)(F)C(F)(F)F)C(=O)Oc2ccc(F)c(F)c2)cc1)C(=O)O. The van der Waals surface area contributed by atoms with E-state index in [0.717, 1.165) is 6.07 Å². The second kappa shape index (κ2) is 14.9. The van der Waals surface area contributed by atoms with Crippen LogP contribution < -0.4 is 9.47 Å². The van der Waals surface area contributed by atoms with Crippen LogP contribution in [0.5, 0.6) is 11.5 Å². The highest BCUT2D eigenvalue weighted by Crippen LogP contribution is 2.53. The van der Waals surface area contributed by atoms with Gasteiger partial charge >= 0.3 is 36.2 Å². The number of ether oxygens (including phenoxy) is 4. The molecule has 0 saturated carbocycles. The molecule has 2 rings (SSSR count). The number of benzene rings is 2. The molecule has 0 aliphatic carbocycles. The Balaban J connectivity index is 2.12. The lowest BCUT2D eigenvalue weighted by atomic mass is 10.1. The van der Waals surface area contributed by atoms with Crippen molar-refractivity contribution in [1.29, 1.82) is 0 Å². The van der Waals surface area contributed by atoms with Crippen molar-refractivity contribution in [2.24, 2.45) is 0 Å². The van der Waals surface area contributed by atoms with Gasteiger partial charge in [-0.15, -0.1) is 0 Å². The number of aliphatic carboxylic acids is 1. The smallest absolute Gasteiger partial charge is 0.460 e. The molecule has 19 heteroatoms. The van der Waals surface area contributed by atoms with E-state index in [1.54, 1.807) is 6.92 Å². The first-order valence-electron chi connectivity index (χ1n) is 12.6. The fraction of sp³-hybridized carbons (Fsp3) is 0.462. The molecule has 1 atom stereocenters. The summed E-state index contributed by atoms with van der Waals surface area (Å²) in [6, 6.07) is 7.41. The first-order valence-corrected chi connectivity index (χ1v) is 12.6. The van der Waals surface area contributed by atoms with Crippen molar-refractivity contribution in [3.05, 3.63) is 59.7 Å². The molecule has 0 bridgehead atoms. The summed E-state index contributed by atoms with van der Waals surface area (Å²) < 4.78 is 163. The fourth-order valence-corrected chi connectivity index (χ4v) is 3.36. The Hall–Kier alpha value is -3.87. The van der Waals surface area contributed by atoms with Crippen molar-refractivity contribution in [1.82, 2.24) is 4.90 Å². The predicted octanol–water partition coefficient (Wildman–Crippen LogP) is 6.32. The first kappa shape index (κ1) is 37.3. The zero-order valence-electron chi connectivity index (χ0n) is 22.9. The molecule has 0 aromatic heterocycles. The van der Waals surface area contributed by atoms with Crippen LogP contribution in [0.3, 0.4) is 0 Å². The largest absolute Gasteiger partial charge is 0.492 e. The molecule has 1 unspecified atom stereocenters. The number of nitrogens with zero attached hydrogens (tertiary/aromatic N) is 1. The van der Waals surface area contributed by atoms with Gasteiger partial charge in [0.2, 0.25) is 0 Å². The number of carbonyl (C=O) groups excluding carboxylic acids is 1. The number of halogens is 11. The van der Waals surface area contributed by atoms with Crippen molar-refractivity contribution in [2.45, 2.75) is 43.6 Å². The molecule has 1 amide bonds. The van der Waals surface area contributed by atoms with E-state index in [9.17, 15) is 63.0 Å². The molecule has 2 aromatic rings. The summed E-state index contributed by atoms with van der Waals surface area (Å²) in [5.74, 6) is -18.8. The Morgan fingerprint density at radius 1 is 0.822 bits per heavy atom. The van der Waals surface area contributed by atoms with Gasteiger partial charge in [-0.3, -0.25) is 0 Å². The van der Waals surface area contributed by atoms with Gasteiger partial charge < -0.3 is 29.0 Å². The van der Waals surface area contributed by atoms with Gasteiger partial charge in [0.15, 0.2) is 17.7 Å². The van der Waals surface area contributed by atoms with Crippen LogP contribution in [0, 0.1) is 11.6 Å². The summed E-state index contributed by atoms with van der Waals surface area (Å²) in [5, 5.41) is 9.17. The zero-order chi connectivity index (χ0) is 34.2. The molecule has 2 aromatic carbocycles. The van der Waals surface area contributed by atoms with E-state index < -0.39 is 86.0 Å². The number of alkyl halides is 9. The summed E-state index contributed by atoms with van der Waals surface area (Å²) in [6.07, 6.45) is -16.1. The molecule has 8 nitrogen and oxygen atoms in total. The highest BCUT2D eigenvalue weighted by molar-refractivity contribution is 5.72. The third-order valence-corrected chi connectivity index (χ3v) is 5.73. The lowest BCUT2D eigenvalue weighted by Gasteiger charge is -2.33. The van der Waals surface area contributed by atoms with Crippen LogP contribution in [0.1, 0.15) is 12.5 Å². The molecule has 45 heavy (non-hydrogen) atoms. The summed E-state index contributed by atoms with van der Waals surface area (Å²) in [6.45, 7) is -2.31. The maximum atomic E-state index is 13.8. The number of hydrogen-bond acceptors (Lipinski definition) is 6. The Kier molecular flexibility index (Phi) is 12.4. The van der Waals surface area contributed by atoms with Gasteiger partial charge in [-0.1, -0.05) is 12.1 Å². The molecular weight excluding hydrogens is 647 g/mol. The molecule has 0 spiro atoms. The van der Waals surface area contributed by atoms with E-state index in [4.69, 9.17) is 14.2 Å². The summed E-state index contributed by atoms with van der Waals surface area (Å²) in [5.41, 5.74) is 0.519. The van der Waals surface area contributed by atoms with E-state index in [1.165, 1.54) is 24.3 Å². The van der Waals surface area contributed by atoms with Crippen LogP contribution in [0.2, 0.25) is 0 Å². The number of carboxylic acid groups (broad SMARTS) is 1. The highest BCUT2D eigenvalue weighted by atomic mass is 19.4. The van der Waals surface area contributed by atoms with Gasteiger partial charge in [0.05, 0.1) is 13.2 Å². The van der Waals surface area contributed by atoms with Crippen molar-refractivity contribution < 1.29 is 81.9 Å². The van der Waals surface area contributed by atoms with Crippen LogP contribution in [-0.2, 0) is 20.7 Å². The average molecular weight is 671 g/mol. The average Bonchev–Trinajstić information content (AvgIpc) is 2.93. The quantitative estimate of drug-likeness (QED) is 0.209. The minimum atomic E-state index is -7.20. The number of carboxylic acids is 1. The van der Waals surface area contributed by atoms with Crippen LogP contribution >= 0.6 is 0 Å². The fourth-order valence-electron chi connectivity index (χ4n) is 3.36. The molecular formula is C26H24F11NO7. The Labute approximate surface area is 247 Å². The van der Waals surface area contributed by atoms with Crippen molar-refractivity contribution >= 4 is 12.1 Å². The second-order valence-electron chi connectivity index (χ2n) is 8.92. The molecule has 0 saturated heterocycles. The van der Waals surface area contributed by atoms with E-state index >= 15 is 0 Å². The first-order chi connectivity index (χ1) is 20.7. The Morgan fingerprint density at radius 3 is 1.93 bits per heavy atom. The van der Waals surface area contributed by atoms with Crippen LogP contribution in [0.15, 0.2) is 42.5 Å². The van der Waals surface area contributed by atoms with Gasteiger partial charge in [0.1, 0.15) is 18.1 Å². The normalized spacial score (nSPS) is 13.3. The number of hydrogen-bond donors (Lipinski definition) is 1. The van der Waals surface area contributed by atoms with Crippen LogP contribution in [-0.4, -0.2) is 85.2 Å². The lowest BCUT2D eigenvalue weighted by molar-refractivity contribution is -0.443. The predicted molar refractivity (Wildman–Crippen MR) is 129 cm³/mol. The topological polar surface area (TPSA) is 94.5 Å². The molecule has 252 valence electrons. The monoisotopic (exact) mass is 671 g/mol. The maximum Gasteiger partial charge on any atom is 0.460 e. The number of amides is 1. The minimum Gasteiger partial charge on any atom is -0.492 e. The van der Waals surface area contributed by atoms with Gasteiger partial charge in [-0.05, 0) is 36.8 Å². The molecule has 0 heterocycles. The Morgan fingerprint density at radius 2 is 1.40 bits per heavy atom. The minimum absolute atomic E-state index is 0.00830. The summed E-state index contributed by atoms with van der Waals surface area (Å²) >= 11 is 0. The molecule has 0 aliphatic rings. The van der Waals surface area contributed by atoms with Crippen LogP contribution in [0.4, 0.5) is 53.1 Å². The summed E-state index contributed by atoms with van der Waals surface area (Å²) in [4.78, 5) is 24.2. The van der Waals surface area contributed by atoms with E-state index in [1.807, 2.05) is 0 Å². The van der Waals surface area contributed by atoms with Crippen molar-refractivity contribution in [2.75, 3.05) is 32.9 Å². The molecule has 1 N–H and O–H groups in total.